The molecule has 1 aromatic carbocycles. The van der Waals surface area contributed by atoms with Crippen LogP contribution in [0.2, 0.25) is 0 Å². The number of nitrogens with zero attached hydrogens (tertiary/aromatic N) is 3. The lowest BCUT2D eigenvalue weighted by Crippen LogP contribution is -2.39. The number of aryl methyl sites for hydroxylation is 1. The Hall–Kier alpha value is -1.91. The minimum absolute atomic E-state index is 0.147. The summed E-state index contributed by atoms with van der Waals surface area (Å²) in [4.78, 5) is 10.6. The van der Waals surface area contributed by atoms with Crippen LogP contribution in [0, 0.1) is 17.0 Å². The Bertz CT molecular complexity index is 518. The summed E-state index contributed by atoms with van der Waals surface area (Å²) in [5, 5.41) is 17.6. The van der Waals surface area contributed by atoms with Crippen molar-refractivity contribution in [2.24, 2.45) is 5.10 Å². The quantitative estimate of drug-likeness (QED) is 0.482. The maximum Gasteiger partial charge on any atom is 0.272 e. The first-order valence-electron chi connectivity index (χ1n) is 7.06. The molecule has 0 unspecified atom stereocenters. The molecular formula is C15H21N3O2. The van der Waals surface area contributed by atoms with Crippen LogP contribution in [0.4, 0.5) is 5.69 Å². The van der Waals surface area contributed by atoms with Crippen molar-refractivity contribution in [3.8, 4) is 0 Å². The molecule has 0 amide bonds. The van der Waals surface area contributed by atoms with E-state index in [1.165, 1.54) is 6.42 Å². The summed E-state index contributed by atoms with van der Waals surface area (Å²) in [6.07, 6.45) is 5.26. The number of rotatable bonds is 3. The van der Waals surface area contributed by atoms with Crippen molar-refractivity contribution in [3.63, 3.8) is 0 Å². The summed E-state index contributed by atoms with van der Waals surface area (Å²) >= 11 is 0. The number of benzene rings is 1. The van der Waals surface area contributed by atoms with Crippen LogP contribution >= 0.6 is 0 Å². The molecule has 0 spiro atoms. The fourth-order valence-corrected chi connectivity index (χ4v) is 2.67. The number of hydrogen-bond donors (Lipinski definition) is 0. The van der Waals surface area contributed by atoms with Gasteiger partial charge in [-0.1, -0.05) is 12.1 Å². The van der Waals surface area contributed by atoms with E-state index in [4.69, 9.17) is 0 Å². The zero-order chi connectivity index (χ0) is 14.7. The van der Waals surface area contributed by atoms with Crippen molar-refractivity contribution in [1.29, 1.82) is 0 Å². The number of hydrazone groups is 1. The van der Waals surface area contributed by atoms with Gasteiger partial charge in [0.1, 0.15) is 0 Å². The molecule has 1 aliphatic rings. The van der Waals surface area contributed by atoms with Gasteiger partial charge in [-0.15, -0.1) is 0 Å². The summed E-state index contributed by atoms with van der Waals surface area (Å²) < 4.78 is 0. The zero-order valence-electron chi connectivity index (χ0n) is 12.2. The van der Waals surface area contributed by atoms with Gasteiger partial charge in [-0.2, -0.15) is 5.10 Å². The monoisotopic (exact) mass is 275 g/mol. The first kappa shape index (κ1) is 14.5. The Kier molecular flexibility index (Phi) is 4.37. The lowest BCUT2D eigenvalue weighted by molar-refractivity contribution is -0.385. The third-order valence-electron chi connectivity index (χ3n) is 3.92. The fourth-order valence-electron chi connectivity index (χ4n) is 2.67. The summed E-state index contributed by atoms with van der Waals surface area (Å²) in [6, 6.07) is 6.07. The van der Waals surface area contributed by atoms with Crippen molar-refractivity contribution in [2.45, 2.75) is 52.1 Å². The normalized spacial score (nSPS) is 23.2. The van der Waals surface area contributed by atoms with Crippen LogP contribution in [-0.4, -0.2) is 28.2 Å². The minimum Gasteiger partial charge on any atom is -0.292 e. The van der Waals surface area contributed by atoms with Crippen LogP contribution in [0.1, 0.15) is 44.2 Å². The lowest BCUT2D eigenvalue weighted by atomic mass is 10.00. The predicted molar refractivity (Wildman–Crippen MR) is 80.0 cm³/mol. The Labute approximate surface area is 119 Å². The fraction of sp³-hybridized carbons (Fsp3) is 0.533. The lowest BCUT2D eigenvalue weighted by Gasteiger charge is -2.36. The van der Waals surface area contributed by atoms with Crippen molar-refractivity contribution < 1.29 is 4.92 Å². The number of piperidine rings is 1. The highest BCUT2D eigenvalue weighted by Gasteiger charge is 2.22. The van der Waals surface area contributed by atoms with Gasteiger partial charge in [-0.05, 0) is 40.0 Å². The van der Waals surface area contributed by atoms with Gasteiger partial charge in [0.05, 0.1) is 11.1 Å². The second-order valence-electron chi connectivity index (χ2n) is 5.56. The van der Waals surface area contributed by atoms with E-state index in [9.17, 15) is 10.1 Å². The van der Waals surface area contributed by atoms with E-state index in [0.29, 0.717) is 17.6 Å². The largest absolute Gasteiger partial charge is 0.292 e. The smallest absolute Gasteiger partial charge is 0.272 e. The summed E-state index contributed by atoms with van der Waals surface area (Å²) in [5.41, 5.74) is 1.59. The Morgan fingerprint density at radius 1 is 1.35 bits per heavy atom. The van der Waals surface area contributed by atoms with Crippen LogP contribution < -0.4 is 0 Å². The molecule has 0 aromatic heterocycles. The highest BCUT2D eigenvalue weighted by Crippen LogP contribution is 2.23. The molecule has 0 N–H and O–H groups in total. The molecule has 1 aromatic rings. The van der Waals surface area contributed by atoms with Crippen molar-refractivity contribution >= 4 is 11.9 Å². The average molecular weight is 275 g/mol. The standard InChI is InChI=1S/C15H21N3O2/c1-11-7-8-14(9-15(11)18(19)20)10-16-17-12(2)5-4-6-13(17)3/h7-10,12-13H,4-6H2,1-3H3/b16-10-/t12-,13-/m0/s1. The summed E-state index contributed by atoms with van der Waals surface area (Å²) in [7, 11) is 0. The van der Waals surface area contributed by atoms with Crippen LogP contribution in [-0.2, 0) is 0 Å². The van der Waals surface area contributed by atoms with Gasteiger partial charge in [0, 0.05) is 29.3 Å². The van der Waals surface area contributed by atoms with Crippen LogP contribution in [0.25, 0.3) is 0 Å². The van der Waals surface area contributed by atoms with E-state index in [-0.39, 0.29) is 10.6 Å². The van der Waals surface area contributed by atoms with E-state index >= 15 is 0 Å². The average Bonchev–Trinajstić information content (AvgIpc) is 2.39. The van der Waals surface area contributed by atoms with E-state index in [2.05, 4.69) is 24.0 Å². The topological polar surface area (TPSA) is 58.7 Å². The third-order valence-corrected chi connectivity index (χ3v) is 3.92. The highest BCUT2D eigenvalue weighted by molar-refractivity contribution is 5.80. The molecule has 0 radical (unpaired) electrons. The van der Waals surface area contributed by atoms with E-state index in [0.717, 1.165) is 18.4 Å². The Balaban J connectivity index is 2.18. The molecule has 0 saturated carbocycles. The van der Waals surface area contributed by atoms with E-state index in [1.807, 2.05) is 6.07 Å². The second kappa shape index (κ2) is 6.03. The predicted octanol–water partition coefficient (Wildman–Crippen LogP) is 3.50. The minimum atomic E-state index is -0.348. The molecule has 5 heteroatoms. The molecule has 108 valence electrons. The molecule has 20 heavy (non-hydrogen) atoms. The van der Waals surface area contributed by atoms with E-state index < -0.39 is 0 Å². The third kappa shape index (κ3) is 3.15. The van der Waals surface area contributed by atoms with Crippen molar-refractivity contribution in [1.82, 2.24) is 5.01 Å². The molecule has 2 atom stereocenters. The number of hydrogen-bond acceptors (Lipinski definition) is 4. The van der Waals surface area contributed by atoms with Gasteiger partial charge in [0.2, 0.25) is 0 Å². The molecule has 0 bridgehead atoms. The first-order chi connectivity index (χ1) is 9.49. The molecule has 1 aliphatic heterocycles. The maximum atomic E-state index is 10.9. The summed E-state index contributed by atoms with van der Waals surface area (Å²) in [6.45, 7) is 6.09. The Morgan fingerprint density at radius 3 is 2.60 bits per heavy atom. The molecule has 0 aliphatic carbocycles. The maximum absolute atomic E-state index is 10.9. The first-order valence-corrected chi connectivity index (χ1v) is 7.06. The van der Waals surface area contributed by atoms with Crippen molar-refractivity contribution in [2.75, 3.05) is 0 Å². The van der Waals surface area contributed by atoms with Crippen LogP contribution in [0.15, 0.2) is 23.3 Å². The zero-order valence-corrected chi connectivity index (χ0v) is 12.2. The number of nitro benzene ring substituents is 1. The molecule has 2 rings (SSSR count). The number of nitro groups is 1. The van der Waals surface area contributed by atoms with Gasteiger partial charge < -0.3 is 0 Å². The Morgan fingerprint density at radius 2 is 2.00 bits per heavy atom. The molecule has 1 fully saturated rings. The van der Waals surface area contributed by atoms with Gasteiger partial charge in [0.15, 0.2) is 0 Å². The molecule has 5 nitrogen and oxygen atoms in total. The summed E-state index contributed by atoms with van der Waals surface area (Å²) in [5.74, 6) is 0. The van der Waals surface area contributed by atoms with Gasteiger partial charge in [0.25, 0.3) is 5.69 Å². The molecular weight excluding hydrogens is 254 g/mol. The van der Waals surface area contributed by atoms with E-state index in [1.54, 1.807) is 25.3 Å². The van der Waals surface area contributed by atoms with Gasteiger partial charge in [-0.25, -0.2) is 0 Å². The van der Waals surface area contributed by atoms with Gasteiger partial charge >= 0.3 is 0 Å². The van der Waals surface area contributed by atoms with Crippen LogP contribution in [0.5, 0.6) is 0 Å². The van der Waals surface area contributed by atoms with Crippen molar-refractivity contribution in [3.05, 3.63) is 39.4 Å². The second-order valence-corrected chi connectivity index (χ2v) is 5.56. The highest BCUT2D eigenvalue weighted by atomic mass is 16.6. The van der Waals surface area contributed by atoms with Gasteiger partial charge in [-0.3, -0.25) is 15.1 Å². The SMILES string of the molecule is Cc1ccc(/C=N\N2[C@@H](C)CCC[C@@H]2C)cc1[N+](=O)[O-]. The van der Waals surface area contributed by atoms with Crippen LogP contribution in [0.3, 0.4) is 0 Å². The molecule has 1 heterocycles. The molecule has 1 saturated heterocycles.